The van der Waals surface area contributed by atoms with Gasteiger partial charge in [-0.1, -0.05) is 17.7 Å². The Kier molecular flexibility index (Phi) is 5.44. The van der Waals surface area contributed by atoms with Crippen molar-refractivity contribution in [3.8, 4) is 17.1 Å². The molecule has 7 nitrogen and oxygen atoms in total. The average molecular weight is 406 g/mol. The number of nitrogens with one attached hydrogen (secondary N) is 2. The quantitative estimate of drug-likeness (QED) is 0.694. The van der Waals surface area contributed by atoms with Crippen molar-refractivity contribution in [1.29, 1.82) is 0 Å². The van der Waals surface area contributed by atoms with E-state index in [9.17, 15) is 9.59 Å². The zero-order valence-corrected chi connectivity index (χ0v) is 17.5. The van der Waals surface area contributed by atoms with Gasteiger partial charge in [0.05, 0.1) is 5.69 Å². The molecule has 1 saturated heterocycles. The van der Waals surface area contributed by atoms with Crippen molar-refractivity contribution >= 4 is 11.8 Å². The summed E-state index contributed by atoms with van der Waals surface area (Å²) in [6, 6.07) is 10.9. The van der Waals surface area contributed by atoms with Crippen LogP contribution in [0.5, 0.6) is 0 Å². The molecule has 30 heavy (non-hydrogen) atoms. The predicted octanol–water partition coefficient (Wildman–Crippen LogP) is 3.46. The number of aryl methyl sites for hydroxylation is 3. The zero-order chi connectivity index (χ0) is 21.3. The summed E-state index contributed by atoms with van der Waals surface area (Å²) in [5.74, 6) is 0.892. The number of amides is 2. The van der Waals surface area contributed by atoms with Crippen molar-refractivity contribution in [2.45, 2.75) is 46.1 Å². The van der Waals surface area contributed by atoms with Crippen LogP contribution in [-0.4, -0.2) is 34.2 Å². The molecule has 0 radical (unpaired) electrons. The fourth-order valence-corrected chi connectivity index (χ4v) is 3.77. The van der Waals surface area contributed by atoms with Crippen LogP contribution < -0.4 is 10.6 Å². The minimum Gasteiger partial charge on any atom is -0.460 e. The summed E-state index contributed by atoms with van der Waals surface area (Å²) in [6.07, 6.45) is 2.43. The molecular weight excluding hydrogens is 380 g/mol. The number of nitrogens with zero attached hydrogens (tertiary/aromatic N) is 2. The molecule has 0 spiro atoms. The van der Waals surface area contributed by atoms with E-state index in [-0.39, 0.29) is 11.8 Å². The summed E-state index contributed by atoms with van der Waals surface area (Å²) >= 11 is 0. The molecule has 1 fully saturated rings. The third kappa shape index (κ3) is 4.01. The summed E-state index contributed by atoms with van der Waals surface area (Å²) in [7, 11) is 0. The van der Waals surface area contributed by atoms with Crippen LogP contribution in [0, 0.1) is 20.8 Å². The zero-order valence-electron chi connectivity index (χ0n) is 17.5. The Balaban J connectivity index is 1.73. The topological polar surface area (TPSA) is 89.2 Å². The van der Waals surface area contributed by atoms with Crippen LogP contribution in [0.3, 0.4) is 0 Å². The first-order valence-electron chi connectivity index (χ1n) is 10.3. The van der Waals surface area contributed by atoms with Crippen molar-refractivity contribution in [3.05, 3.63) is 59.0 Å². The first-order valence-corrected chi connectivity index (χ1v) is 10.3. The average Bonchev–Trinajstić information content (AvgIpc) is 3.27. The third-order valence-corrected chi connectivity index (χ3v) is 5.36. The molecule has 1 aliphatic rings. The molecule has 3 heterocycles. The second kappa shape index (κ2) is 8.18. The lowest BCUT2D eigenvalue weighted by Crippen LogP contribution is -2.45. The van der Waals surface area contributed by atoms with E-state index in [1.807, 2.05) is 51.1 Å². The highest BCUT2D eigenvalue weighted by atomic mass is 16.3. The van der Waals surface area contributed by atoms with Crippen LogP contribution in [0.2, 0.25) is 0 Å². The van der Waals surface area contributed by atoms with E-state index in [0.717, 1.165) is 35.4 Å². The van der Waals surface area contributed by atoms with Crippen LogP contribution >= 0.6 is 0 Å². The Hall–Kier alpha value is -3.35. The largest absolute Gasteiger partial charge is 0.460 e. The third-order valence-electron chi connectivity index (χ3n) is 5.36. The van der Waals surface area contributed by atoms with Gasteiger partial charge in [0, 0.05) is 12.6 Å². The summed E-state index contributed by atoms with van der Waals surface area (Å²) in [5.41, 5.74) is 3.88. The summed E-state index contributed by atoms with van der Waals surface area (Å²) in [5, 5.41) is 10.4. The van der Waals surface area contributed by atoms with E-state index in [2.05, 4.69) is 15.7 Å². The Labute approximate surface area is 175 Å². The number of carbonyl (C=O) groups is 2. The second-order valence-electron chi connectivity index (χ2n) is 7.84. The maximum Gasteiger partial charge on any atom is 0.270 e. The van der Waals surface area contributed by atoms with E-state index in [1.54, 1.807) is 10.7 Å². The number of benzene rings is 1. The van der Waals surface area contributed by atoms with Crippen molar-refractivity contribution in [2.75, 3.05) is 6.54 Å². The fraction of sp³-hybridized carbons (Fsp3) is 0.348. The highest BCUT2D eigenvalue weighted by Crippen LogP contribution is 2.25. The first-order chi connectivity index (χ1) is 14.4. The molecule has 3 aromatic rings. The number of rotatable bonds is 4. The van der Waals surface area contributed by atoms with Gasteiger partial charge in [-0.15, -0.1) is 0 Å². The summed E-state index contributed by atoms with van der Waals surface area (Å²) < 4.78 is 7.35. The van der Waals surface area contributed by atoms with E-state index < -0.39 is 6.04 Å². The molecule has 2 aromatic heterocycles. The van der Waals surface area contributed by atoms with Crippen LogP contribution in [0.15, 0.2) is 40.8 Å². The van der Waals surface area contributed by atoms with Gasteiger partial charge < -0.3 is 15.1 Å². The smallest absolute Gasteiger partial charge is 0.270 e. The van der Waals surface area contributed by atoms with Crippen molar-refractivity contribution in [1.82, 2.24) is 20.4 Å². The second-order valence-corrected chi connectivity index (χ2v) is 7.84. The molecule has 1 aliphatic heterocycles. The lowest BCUT2D eigenvalue weighted by Gasteiger charge is -2.16. The first kappa shape index (κ1) is 19.9. The fourth-order valence-electron chi connectivity index (χ4n) is 3.77. The molecule has 2 amide bonds. The van der Waals surface area contributed by atoms with Crippen LogP contribution in [-0.2, 0) is 4.79 Å². The monoisotopic (exact) mass is 406 g/mol. The molecule has 0 bridgehead atoms. The summed E-state index contributed by atoms with van der Waals surface area (Å²) in [4.78, 5) is 25.5. The van der Waals surface area contributed by atoms with Gasteiger partial charge in [-0.2, -0.15) is 5.10 Å². The maximum absolute atomic E-state index is 13.2. The van der Waals surface area contributed by atoms with E-state index in [1.165, 1.54) is 0 Å². The van der Waals surface area contributed by atoms with Crippen LogP contribution in [0.1, 0.15) is 46.6 Å². The molecule has 0 saturated carbocycles. The molecule has 1 unspecified atom stereocenters. The van der Waals surface area contributed by atoms with Crippen LogP contribution in [0.4, 0.5) is 0 Å². The van der Waals surface area contributed by atoms with Gasteiger partial charge >= 0.3 is 0 Å². The number of furan rings is 1. The number of carbonyl (C=O) groups excluding carboxylic acids is 2. The normalized spacial score (nSPS) is 16.8. The predicted molar refractivity (Wildman–Crippen MR) is 114 cm³/mol. The highest BCUT2D eigenvalue weighted by Gasteiger charge is 2.26. The minimum atomic E-state index is -0.545. The van der Waals surface area contributed by atoms with Gasteiger partial charge in [-0.3, -0.25) is 9.59 Å². The minimum absolute atomic E-state index is 0.139. The van der Waals surface area contributed by atoms with Crippen molar-refractivity contribution in [3.63, 3.8) is 0 Å². The SMILES string of the molecule is Cc1ccc(-n2nc(-c3ccc(C)o3)cc2C(=O)NC2CCCCNC2=O)c(C)c1. The molecular formula is C23H26N4O3. The lowest BCUT2D eigenvalue weighted by molar-refractivity contribution is -0.122. The highest BCUT2D eigenvalue weighted by molar-refractivity contribution is 5.97. The molecule has 156 valence electrons. The Morgan fingerprint density at radius 1 is 1.17 bits per heavy atom. The van der Waals surface area contributed by atoms with Crippen molar-refractivity contribution < 1.29 is 14.0 Å². The molecule has 4 rings (SSSR count). The van der Waals surface area contributed by atoms with Crippen molar-refractivity contribution in [2.24, 2.45) is 0 Å². The Morgan fingerprint density at radius 2 is 2.00 bits per heavy atom. The standard InChI is InChI=1S/C23H26N4O3/c1-14-7-9-19(15(2)12-14)27-20(13-18(26-27)21-10-8-16(3)30-21)23(29)25-17-6-4-5-11-24-22(17)28/h7-10,12-13,17H,4-6,11H2,1-3H3,(H,24,28)(H,25,29). The van der Waals surface area contributed by atoms with Gasteiger partial charge in [0.25, 0.3) is 5.91 Å². The molecule has 2 N–H and O–H groups in total. The Morgan fingerprint density at radius 3 is 2.73 bits per heavy atom. The van der Waals surface area contributed by atoms with Gasteiger partial charge in [0.2, 0.25) is 5.91 Å². The van der Waals surface area contributed by atoms with E-state index in [4.69, 9.17) is 4.42 Å². The Bertz CT molecular complexity index is 1100. The number of hydrogen-bond donors (Lipinski definition) is 2. The molecule has 1 aromatic carbocycles. The van der Waals surface area contributed by atoms with Gasteiger partial charge in [-0.05, 0) is 63.8 Å². The summed E-state index contributed by atoms with van der Waals surface area (Å²) in [6.45, 7) is 6.52. The van der Waals surface area contributed by atoms with Crippen LogP contribution in [0.25, 0.3) is 17.1 Å². The number of aromatic nitrogens is 2. The maximum atomic E-state index is 13.2. The van der Waals surface area contributed by atoms with Gasteiger partial charge in [0.15, 0.2) is 5.76 Å². The molecule has 7 heteroatoms. The van der Waals surface area contributed by atoms with Gasteiger partial charge in [-0.25, -0.2) is 4.68 Å². The lowest BCUT2D eigenvalue weighted by atomic mass is 10.1. The van der Waals surface area contributed by atoms with Gasteiger partial charge in [0.1, 0.15) is 23.2 Å². The molecule has 1 atom stereocenters. The van der Waals surface area contributed by atoms with E-state index in [0.29, 0.717) is 30.1 Å². The number of hydrogen-bond acceptors (Lipinski definition) is 4. The molecule has 0 aliphatic carbocycles. The van der Waals surface area contributed by atoms with E-state index >= 15 is 0 Å².